The van der Waals surface area contributed by atoms with Crippen LogP contribution >= 0.6 is 0 Å². The van der Waals surface area contributed by atoms with E-state index < -0.39 is 0 Å². The first-order valence-corrected chi connectivity index (χ1v) is 18.0. The summed E-state index contributed by atoms with van der Waals surface area (Å²) >= 11 is 0. The number of hydrogen-bond acceptors (Lipinski definition) is 2. The maximum absolute atomic E-state index is 6.48. The molecule has 2 nitrogen and oxygen atoms in total. The molecule has 12 rings (SSSR count). The number of aryl methyl sites for hydroxylation is 2. The average Bonchev–Trinajstić information content (AvgIpc) is 3.18. The van der Waals surface area contributed by atoms with Crippen LogP contribution in [0.1, 0.15) is 11.1 Å². The molecule has 2 aliphatic heterocycles. The molecule has 0 aliphatic carbocycles. The molecule has 10 aromatic carbocycles. The summed E-state index contributed by atoms with van der Waals surface area (Å²) in [5.74, 6) is 3.65. The fourth-order valence-electron chi connectivity index (χ4n) is 9.42. The molecule has 2 aliphatic rings. The second-order valence-electron chi connectivity index (χ2n) is 14.4. The van der Waals surface area contributed by atoms with Crippen LogP contribution in [0.5, 0.6) is 23.0 Å². The summed E-state index contributed by atoms with van der Waals surface area (Å²) in [5, 5.41) is 12.6. The Kier molecular flexibility index (Phi) is 5.40. The molecule has 0 fully saturated rings. The van der Waals surface area contributed by atoms with Gasteiger partial charge in [0, 0.05) is 21.9 Å². The van der Waals surface area contributed by atoms with Crippen LogP contribution in [0.3, 0.4) is 0 Å². The van der Waals surface area contributed by atoms with Gasteiger partial charge in [-0.25, -0.2) is 0 Å². The molecule has 0 saturated carbocycles. The van der Waals surface area contributed by atoms with Crippen molar-refractivity contribution in [1.29, 1.82) is 0 Å². The molecule has 2 heteroatoms. The van der Waals surface area contributed by atoms with Gasteiger partial charge >= 0.3 is 0 Å². The monoisotopic (exact) mass is 662 g/mol. The Morgan fingerprint density at radius 3 is 1.13 bits per heavy atom. The van der Waals surface area contributed by atoms with Crippen LogP contribution in [0, 0.1) is 13.8 Å². The van der Waals surface area contributed by atoms with Crippen molar-refractivity contribution in [2.24, 2.45) is 0 Å². The first-order chi connectivity index (χ1) is 25.6. The largest absolute Gasteiger partial charge is 0.456 e. The maximum Gasteiger partial charge on any atom is 0.135 e. The van der Waals surface area contributed by atoms with E-state index >= 15 is 0 Å². The minimum atomic E-state index is 0.910. The van der Waals surface area contributed by atoms with Crippen molar-refractivity contribution in [2.75, 3.05) is 0 Å². The van der Waals surface area contributed by atoms with Gasteiger partial charge in [-0.15, -0.1) is 0 Å². The van der Waals surface area contributed by atoms with Crippen LogP contribution in [0.4, 0.5) is 0 Å². The molecule has 0 spiro atoms. The molecular formula is C50H30O2. The number of hydrogen-bond donors (Lipinski definition) is 0. The summed E-state index contributed by atoms with van der Waals surface area (Å²) in [4.78, 5) is 0. The Hall–Kier alpha value is -6.64. The minimum Gasteiger partial charge on any atom is -0.456 e. The predicted octanol–water partition coefficient (Wildman–Crippen LogP) is 14.4. The highest BCUT2D eigenvalue weighted by atomic mass is 16.5. The van der Waals surface area contributed by atoms with Gasteiger partial charge in [-0.05, 0) is 126 Å². The number of ether oxygens (including phenoxy) is 2. The van der Waals surface area contributed by atoms with Gasteiger partial charge in [0.05, 0.1) is 0 Å². The van der Waals surface area contributed by atoms with Crippen molar-refractivity contribution in [3.05, 3.63) is 157 Å². The Bertz CT molecular complexity index is 2990. The molecular weight excluding hydrogens is 633 g/mol. The summed E-state index contributed by atoms with van der Waals surface area (Å²) in [6.07, 6.45) is 0. The number of rotatable bonds is 2. The molecule has 2 heterocycles. The van der Waals surface area contributed by atoms with Gasteiger partial charge in [-0.3, -0.25) is 0 Å². The molecule has 0 unspecified atom stereocenters. The zero-order valence-electron chi connectivity index (χ0n) is 28.7. The van der Waals surface area contributed by atoms with Gasteiger partial charge in [0.2, 0.25) is 0 Å². The van der Waals surface area contributed by atoms with E-state index in [4.69, 9.17) is 9.47 Å². The van der Waals surface area contributed by atoms with Crippen molar-refractivity contribution in [3.63, 3.8) is 0 Å². The van der Waals surface area contributed by atoms with Gasteiger partial charge in [0.15, 0.2) is 0 Å². The topological polar surface area (TPSA) is 18.5 Å². The van der Waals surface area contributed by atoms with E-state index in [0.29, 0.717) is 0 Å². The van der Waals surface area contributed by atoms with Gasteiger partial charge in [-0.1, -0.05) is 121 Å². The molecule has 0 saturated heterocycles. The Balaban J connectivity index is 1.14. The van der Waals surface area contributed by atoms with Crippen LogP contribution in [-0.2, 0) is 0 Å². The number of fused-ring (bicyclic) bond motifs is 4. The lowest BCUT2D eigenvalue weighted by Crippen LogP contribution is -1.99. The molecule has 0 bridgehead atoms. The summed E-state index contributed by atoms with van der Waals surface area (Å²) in [6, 6.07) is 53.0. The fourth-order valence-corrected chi connectivity index (χ4v) is 9.42. The van der Waals surface area contributed by atoms with Crippen LogP contribution in [0.2, 0.25) is 0 Å². The predicted molar refractivity (Wildman–Crippen MR) is 217 cm³/mol. The highest BCUT2D eigenvalue weighted by Gasteiger charge is 2.25. The van der Waals surface area contributed by atoms with E-state index in [1.807, 2.05) is 12.1 Å². The smallest absolute Gasteiger partial charge is 0.135 e. The molecule has 0 atom stereocenters. The zero-order valence-corrected chi connectivity index (χ0v) is 28.7. The molecule has 0 aromatic heterocycles. The molecule has 0 N–H and O–H groups in total. The van der Waals surface area contributed by atoms with E-state index in [0.717, 1.165) is 34.1 Å². The van der Waals surface area contributed by atoms with Crippen LogP contribution < -0.4 is 9.47 Å². The van der Waals surface area contributed by atoms with Crippen LogP contribution in [0.25, 0.3) is 98.4 Å². The molecule has 10 aromatic rings. The van der Waals surface area contributed by atoms with Gasteiger partial charge in [-0.2, -0.15) is 0 Å². The Morgan fingerprint density at radius 1 is 0.269 bits per heavy atom. The van der Waals surface area contributed by atoms with Gasteiger partial charge in [0.25, 0.3) is 0 Å². The fraction of sp³-hybridized carbons (Fsp3) is 0.0400. The van der Waals surface area contributed by atoms with Crippen LogP contribution in [0.15, 0.2) is 146 Å². The summed E-state index contributed by atoms with van der Waals surface area (Å²) < 4.78 is 13.0. The van der Waals surface area contributed by atoms with E-state index in [-0.39, 0.29) is 0 Å². The zero-order chi connectivity index (χ0) is 34.2. The number of para-hydroxylation sites is 2. The second kappa shape index (κ2) is 9.99. The summed E-state index contributed by atoms with van der Waals surface area (Å²) in [5.41, 5.74) is 12.2. The van der Waals surface area contributed by atoms with E-state index in [2.05, 4.69) is 147 Å². The van der Waals surface area contributed by atoms with E-state index in [1.165, 1.54) is 98.4 Å². The first kappa shape index (κ1) is 28.1. The highest BCUT2D eigenvalue weighted by molar-refractivity contribution is 6.30. The normalized spacial score (nSPS) is 12.7. The number of benzene rings is 10. The molecule has 0 amide bonds. The third-order valence-corrected chi connectivity index (χ3v) is 11.7. The van der Waals surface area contributed by atoms with Gasteiger partial charge < -0.3 is 9.47 Å². The van der Waals surface area contributed by atoms with Crippen molar-refractivity contribution in [3.8, 4) is 67.5 Å². The molecule has 52 heavy (non-hydrogen) atoms. The molecule has 242 valence electrons. The second-order valence-corrected chi connectivity index (χ2v) is 14.4. The lowest BCUT2D eigenvalue weighted by molar-refractivity contribution is 0.487. The van der Waals surface area contributed by atoms with Gasteiger partial charge in [0.1, 0.15) is 23.0 Å². The van der Waals surface area contributed by atoms with Crippen molar-refractivity contribution in [1.82, 2.24) is 0 Å². The highest BCUT2D eigenvalue weighted by Crippen LogP contribution is 2.52. The van der Waals surface area contributed by atoms with Crippen molar-refractivity contribution >= 4 is 53.9 Å². The van der Waals surface area contributed by atoms with Crippen molar-refractivity contribution < 1.29 is 9.47 Å². The third kappa shape index (κ3) is 3.58. The Labute approximate surface area is 300 Å². The molecule has 0 radical (unpaired) electrons. The summed E-state index contributed by atoms with van der Waals surface area (Å²) in [6.45, 7) is 4.52. The third-order valence-electron chi connectivity index (χ3n) is 11.7. The average molecular weight is 663 g/mol. The van der Waals surface area contributed by atoms with Crippen LogP contribution in [-0.4, -0.2) is 0 Å². The minimum absolute atomic E-state index is 0.910. The Morgan fingerprint density at radius 2 is 0.654 bits per heavy atom. The lowest BCUT2D eigenvalue weighted by Gasteiger charge is -2.24. The summed E-state index contributed by atoms with van der Waals surface area (Å²) in [7, 11) is 0. The standard InChI is InChI=1S/C50H30O2/c1-27-25-41(31-19-23-37-33-9-3-5-13-43(33)51-45-15-7-11-35(31)47(37)45)39-22-18-30-28(2)26-42(40-21-17-29(27)49(39)50(30)40)32-20-24-38-34-10-4-6-14-44(34)52-46-16-8-12-36(32)48(38)46/h3-26H,1-2H3. The maximum atomic E-state index is 6.48. The quantitative estimate of drug-likeness (QED) is 0.172. The van der Waals surface area contributed by atoms with E-state index in [1.54, 1.807) is 0 Å². The first-order valence-electron chi connectivity index (χ1n) is 18.0. The van der Waals surface area contributed by atoms with E-state index in [9.17, 15) is 0 Å². The SMILES string of the molecule is Cc1cc(-c2ccc3c4c(cccc24)Oc2ccccc2-3)c2ccc3c(C)cc(-c4ccc5c6c(cccc46)Oc4ccccc4-5)c4ccc1c2c34. The lowest BCUT2D eigenvalue weighted by atomic mass is 9.82. The van der Waals surface area contributed by atoms with Crippen molar-refractivity contribution in [2.45, 2.75) is 13.8 Å².